The number of amides is 1. The second kappa shape index (κ2) is 10.0. The number of pyridine rings is 1. The number of benzene rings is 2. The van der Waals surface area contributed by atoms with E-state index in [2.05, 4.69) is 10.3 Å². The van der Waals surface area contributed by atoms with Gasteiger partial charge in [0.05, 0.1) is 32.7 Å². The van der Waals surface area contributed by atoms with Crippen molar-refractivity contribution < 1.29 is 27.4 Å². The standard InChI is InChI=1S/C22H23N3O6S/c1-29-17-8-6-16(7-9-17)25(32(27,28)19-5-4-12-23-14-19)15-22(26)24-20-13-18(30-2)10-11-21(20)31-3/h4-14H,15H2,1-3H3,(H,24,26). The normalized spacial score (nSPS) is 10.8. The van der Waals surface area contributed by atoms with Gasteiger partial charge in [-0.1, -0.05) is 0 Å². The molecule has 0 spiro atoms. The van der Waals surface area contributed by atoms with E-state index in [1.165, 1.54) is 45.9 Å². The predicted molar refractivity (Wildman–Crippen MR) is 120 cm³/mol. The number of sulfonamides is 1. The number of hydrogen-bond donors (Lipinski definition) is 1. The molecule has 32 heavy (non-hydrogen) atoms. The van der Waals surface area contributed by atoms with Crippen LogP contribution in [-0.2, 0) is 14.8 Å². The summed E-state index contributed by atoms with van der Waals surface area (Å²) in [5.41, 5.74) is 0.646. The van der Waals surface area contributed by atoms with Gasteiger partial charge in [-0.05, 0) is 48.5 Å². The Balaban J connectivity index is 1.94. The monoisotopic (exact) mass is 457 g/mol. The molecule has 0 saturated heterocycles. The second-order valence-corrected chi connectivity index (χ2v) is 8.38. The fourth-order valence-corrected chi connectivity index (χ4v) is 4.31. The van der Waals surface area contributed by atoms with Gasteiger partial charge < -0.3 is 19.5 Å². The Kier molecular flexibility index (Phi) is 7.16. The van der Waals surface area contributed by atoms with Gasteiger partial charge in [-0.3, -0.25) is 14.1 Å². The first kappa shape index (κ1) is 22.9. The van der Waals surface area contributed by atoms with E-state index in [4.69, 9.17) is 14.2 Å². The van der Waals surface area contributed by atoms with Crippen molar-refractivity contribution in [1.82, 2.24) is 4.98 Å². The fourth-order valence-electron chi connectivity index (χ4n) is 2.92. The van der Waals surface area contributed by atoms with Crippen molar-refractivity contribution in [2.75, 3.05) is 37.5 Å². The number of hydrogen-bond acceptors (Lipinski definition) is 7. The maximum atomic E-state index is 13.3. The summed E-state index contributed by atoms with van der Waals surface area (Å²) in [5.74, 6) is 0.902. The molecule has 0 radical (unpaired) electrons. The first-order valence-electron chi connectivity index (χ1n) is 9.47. The number of aromatic nitrogens is 1. The Bertz CT molecular complexity index is 1170. The molecule has 3 aromatic rings. The summed E-state index contributed by atoms with van der Waals surface area (Å²) < 4.78 is 43.3. The maximum Gasteiger partial charge on any atom is 0.266 e. The van der Waals surface area contributed by atoms with Crippen LogP contribution in [0.1, 0.15) is 0 Å². The lowest BCUT2D eigenvalue weighted by Gasteiger charge is -2.24. The molecule has 1 amide bonds. The molecule has 0 atom stereocenters. The van der Waals surface area contributed by atoms with Gasteiger partial charge in [0.1, 0.15) is 28.7 Å². The van der Waals surface area contributed by atoms with Crippen molar-refractivity contribution >= 4 is 27.3 Å². The highest BCUT2D eigenvalue weighted by Crippen LogP contribution is 2.30. The van der Waals surface area contributed by atoms with Crippen LogP contribution in [0.15, 0.2) is 71.9 Å². The molecule has 0 aliphatic carbocycles. The third kappa shape index (κ3) is 5.09. The average molecular weight is 458 g/mol. The maximum absolute atomic E-state index is 13.3. The summed E-state index contributed by atoms with van der Waals surface area (Å²) in [7, 11) is 0.397. The zero-order valence-corrected chi connectivity index (χ0v) is 18.6. The summed E-state index contributed by atoms with van der Waals surface area (Å²) in [5, 5.41) is 2.69. The minimum atomic E-state index is -4.08. The third-order valence-electron chi connectivity index (χ3n) is 4.55. The predicted octanol–water partition coefficient (Wildman–Crippen LogP) is 2.94. The molecule has 1 aromatic heterocycles. The number of methoxy groups -OCH3 is 3. The van der Waals surface area contributed by atoms with Crippen LogP contribution in [0, 0.1) is 0 Å². The quantitative estimate of drug-likeness (QED) is 0.526. The number of nitrogens with zero attached hydrogens (tertiary/aromatic N) is 2. The Morgan fingerprint density at radius 1 is 0.969 bits per heavy atom. The Hall–Kier alpha value is -3.79. The van der Waals surface area contributed by atoms with Crippen LogP contribution in [0.4, 0.5) is 11.4 Å². The van der Waals surface area contributed by atoms with Crippen LogP contribution < -0.4 is 23.8 Å². The number of anilines is 2. The molecule has 0 aliphatic rings. The Morgan fingerprint density at radius 2 is 1.66 bits per heavy atom. The van der Waals surface area contributed by atoms with Gasteiger partial charge in [-0.15, -0.1) is 0 Å². The van der Waals surface area contributed by atoms with Crippen LogP contribution in [-0.4, -0.2) is 47.2 Å². The zero-order valence-electron chi connectivity index (χ0n) is 17.8. The summed E-state index contributed by atoms with van der Waals surface area (Å²) in [6.07, 6.45) is 2.70. The summed E-state index contributed by atoms with van der Waals surface area (Å²) in [6.45, 7) is -0.482. The minimum Gasteiger partial charge on any atom is -0.497 e. The fraction of sp³-hybridized carbons (Fsp3) is 0.182. The van der Waals surface area contributed by atoms with Crippen molar-refractivity contribution in [3.63, 3.8) is 0 Å². The molecular formula is C22H23N3O6S. The summed E-state index contributed by atoms with van der Waals surface area (Å²) >= 11 is 0. The van der Waals surface area contributed by atoms with E-state index in [-0.39, 0.29) is 4.90 Å². The van der Waals surface area contributed by atoms with Gasteiger partial charge >= 0.3 is 0 Å². The second-order valence-electron chi connectivity index (χ2n) is 6.51. The number of carbonyl (C=O) groups is 1. The summed E-state index contributed by atoms with van der Waals surface area (Å²) in [4.78, 5) is 16.8. The van der Waals surface area contributed by atoms with Crippen molar-refractivity contribution in [3.8, 4) is 17.2 Å². The number of nitrogens with one attached hydrogen (secondary N) is 1. The van der Waals surface area contributed by atoms with E-state index in [0.29, 0.717) is 28.6 Å². The number of ether oxygens (including phenoxy) is 3. The van der Waals surface area contributed by atoms with E-state index >= 15 is 0 Å². The SMILES string of the molecule is COc1ccc(N(CC(=O)Nc2cc(OC)ccc2OC)S(=O)(=O)c2cccnc2)cc1. The molecule has 168 valence electrons. The van der Waals surface area contributed by atoms with Crippen LogP contribution >= 0.6 is 0 Å². The van der Waals surface area contributed by atoms with Gasteiger partial charge in [0, 0.05) is 18.5 Å². The molecule has 0 aliphatic heterocycles. The van der Waals surface area contributed by atoms with Crippen molar-refractivity contribution in [1.29, 1.82) is 0 Å². The molecule has 0 saturated carbocycles. The first-order chi connectivity index (χ1) is 15.4. The van der Waals surface area contributed by atoms with E-state index in [1.54, 1.807) is 42.5 Å². The smallest absolute Gasteiger partial charge is 0.266 e. The van der Waals surface area contributed by atoms with Crippen LogP contribution in [0.3, 0.4) is 0 Å². The van der Waals surface area contributed by atoms with Gasteiger partial charge in [0.15, 0.2) is 0 Å². The average Bonchev–Trinajstić information content (AvgIpc) is 2.83. The van der Waals surface area contributed by atoms with Crippen molar-refractivity contribution in [2.24, 2.45) is 0 Å². The highest BCUT2D eigenvalue weighted by Gasteiger charge is 2.28. The molecule has 3 rings (SSSR count). The number of rotatable bonds is 9. The van der Waals surface area contributed by atoms with E-state index < -0.39 is 22.5 Å². The van der Waals surface area contributed by atoms with Gasteiger partial charge in [-0.25, -0.2) is 8.42 Å². The molecule has 9 nitrogen and oxygen atoms in total. The molecule has 0 bridgehead atoms. The topological polar surface area (TPSA) is 107 Å². The zero-order chi connectivity index (χ0) is 23.1. The lowest BCUT2D eigenvalue weighted by atomic mass is 10.2. The molecule has 0 unspecified atom stereocenters. The summed E-state index contributed by atoms with van der Waals surface area (Å²) in [6, 6.07) is 14.2. The molecule has 1 heterocycles. The van der Waals surface area contributed by atoms with Crippen molar-refractivity contribution in [2.45, 2.75) is 4.90 Å². The molecule has 1 N–H and O–H groups in total. The first-order valence-corrected chi connectivity index (χ1v) is 10.9. The minimum absolute atomic E-state index is 0.0393. The van der Waals surface area contributed by atoms with E-state index in [9.17, 15) is 13.2 Å². The van der Waals surface area contributed by atoms with Gasteiger partial charge in [0.25, 0.3) is 10.0 Å². The van der Waals surface area contributed by atoms with E-state index in [1.807, 2.05) is 0 Å². The van der Waals surface area contributed by atoms with E-state index in [0.717, 1.165) is 4.31 Å². The van der Waals surface area contributed by atoms with Crippen LogP contribution in [0.5, 0.6) is 17.2 Å². The van der Waals surface area contributed by atoms with Crippen molar-refractivity contribution in [3.05, 3.63) is 67.0 Å². The molecule has 10 heteroatoms. The highest BCUT2D eigenvalue weighted by atomic mass is 32.2. The third-order valence-corrected chi connectivity index (χ3v) is 6.31. The molecule has 2 aromatic carbocycles. The van der Waals surface area contributed by atoms with Crippen LogP contribution in [0.2, 0.25) is 0 Å². The molecular weight excluding hydrogens is 434 g/mol. The molecule has 0 fully saturated rings. The van der Waals surface area contributed by atoms with Crippen LogP contribution in [0.25, 0.3) is 0 Å². The van der Waals surface area contributed by atoms with Gasteiger partial charge in [-0.2, -0.15) is 0 Å². The Labute approximate surface area is 186 Å². The lowest BCUT2D eigenvalue weighted by molar-refractivity contribution is -0.114. The highest BCUT2D eigenvalue weighted by molar-refractivity contribution is 7.92. The lowest BCUT2D eigenvalue weighted by Crippen LogP contribution is -2.38. The Morgan fingerprint density at radius 3 is 2.25 bits per heavy atom. The number of carbonyl (C=O) groups excluding carboxylic acids is 1. The largest absolute Gasteiger partial charge is 0.497 e. The van der Waals surface area contributed by atoms with Gasteiger partial charge in [0.2, 0.25) is 5.91 Å².